The molecular formula is C15H14ClNO2. The van der Waals surface area contributed by atoms with Crippen molar-refractivity contribution in [2.45, 2.75) is 12.5 Å². The van der Waals surface area contributed by atoms with E-state index in [0.29, 0.717) is 22.9 Å². The highest BCUT2D eigenvalue weighted by Gasteiger charge is 2.23. The summed E-state index contributed by atoms with van der Waals surface area (Å²) < 4.78 is 5.61. The van der Waals surface area contributed by atoms with Crippen LogP contribution in [0.3, 0.4) is 0 Å². The molecule has 2 aromatic rings. The molecule has 1 unspecified atom stereocenters. The van der Waals surface area contributed by atoms with Gasteiger partial charge in [0.25, 0.3) is 0 Å². The van der Waals surface area contributed by atoms with E-state index < -0.39 is 6.10 Å². The second-order valence-electron chi connectivity index (χ2n) is 4.61. The second kappa shape index (κ2) is 4.76. The third kappa shape index (κ3) is 2.15. The number of benzene rings is 2. The van der Waals surface area contributed by atoms with Crippen molar-refractivity contribution >= 4 is 17.3 Å². The maximum atomic E-state index is 10.5. The van der Waals surface area contributed by atoms with Crippen LogP contribution in [0.1, 0.15) is 22.8 Å². The van der Waals surface area contributed by atoms with Crippen LogP contribution in [-0.2, 0) is 6.42 Å². The molecule has 0 saturated heterocycles. The number of halogens is 1. The zero-order chi connectivity index (χ0) is 13.4. The summed E-state index contributed by atoms with van der Waals surface area (Å²) in [7, 11) is 0. The van der Waals surface area contributed by atoms with E-state index in [0.717, 1.165) is 23.3 Å². The Kier molecular flexibility index (Phi) is 3.09. The van der Waals surface area contributed by atoms with Crippen LogP contribution in [0.25, 0.3) is 0 Å². The Hall–Kier alpha value is -1.71. The molecule has 2 aromatic carbocycles. The molecule has 1 aliphatic rings. The molecule has 98 valence electrons. The molecule has 1 aliphatic heterocycles. The van der Waals surface area contributed by atoms with Crippen LogP contribution in [0.2, 0.25) is 5.02 Å². The molecular weight excluding hydrogens is 262 g/mol. The Morgan fingerprint density at radius 1 is 1.21 bits per heavy atom. The second-order valence-corrected chi connectivity index (χ2v) is 5.05. The molecule has 19 heavy (non-hydrogen) atoms. The Labute approximate surface area is 116 Å². The van der Waals surface area contributed by atoms with Crippen molar-refractivity contribution in [1.29, 1.82) is 0 Å². The number of ether oxygens (including phenoxy) is 1. The number of anilines is 1. The van der Waals surface area contributed by atoms with Gasteiger partial charge >= 0.3 is 0 Å². The Morgan fingerprint density at radius 3 is 2.89 bits per heavy atom. The van der Waals surface area contributed by atoms with Gasteiger partial charge in [-0.1, -0.05) is 29.8 Å². The molecule has 1 atom stereocenters. The van der Waals surface area contributed by atoms with E-state index in [1.54, 1.807) is 18.2 Å². The number of para-hydroxylation sites is 1. The number of aliphatic hydroxyl groups excluding tert-OH is 1. The summed E-state index contributed by atoms with van der Waals surface area (Å²) in [6.07, 6.45) is 0.0488. The highest BCUT2D eigenvalue weighted by atomic mass is 35.5. The molecule has 0 amide bonds. The van der Waals surface area contributed by atoms with E-state index in [1.807, 2.05) is 18.2 Å². The topological polar surface area (TPSA) is 55.5 Å². The van der Waals surface area contributed by atoms with Crippen molar-refractivity contribution in [1.82, 2.24) is 0 Å². The van der Waals surface area contributed by atoms with Crippen molar-refractivity contribution < 1.29 is 9.84 Å². The Morgan fingerprint density at radius 2 is 2.05 bits per heavy atom. The first-order valence-corrected chi connectivity index (χ1v) is 6.52. The normalized spacial score (nSPS) is 14.8. The predicted molar refractivity (Wildman–Crippen MR) is 75.6 cm³/mol. The lowest BCUT2D eigenvalue weighted by Gasteiger charge is -2.17. The lowest BCUT2D eigenvalue weighted by atomic mass is 9.97. The number of fused-ring (bicyclic) bond motifs is 1. The van der Waals surface area contributed by atoms with Gasteiger partial charge in [0, 0.05) is 28.3 Å². The standard InChI is InChI=1S/C15H14ClNO2/c16-10-4-5-13(17)12(8-10)14(18)11-3-1-2-9-6-7-19-15(9)11/h1-5,8,14,18H,6-7,17H2. The SMILES string of the molecule is Nc1ccc(Cl)cc1C(O)c1cccc2c1OCC2. The highest BCUT2D eigenvalue weighted by Crippen LogP contribution is 2.38. The fourth-order valence-corrected chi connectivity index (χ4v) is 2.59. The van der Waals surface area contributed by atoms with E-state index >= 15 is 0 Å². The lowest BCUT2D eigenvalue weighted by Crippen LogP contribution is -2.05. The number of nitrogens with two attached hydrogens (primary N) is 1. The smallest absolute Gasteiger partial charge is 0.128 e. The minimum atomic E-state index is -0.827. The zero-order valence-electron chi connectivity index (χ0n) is 10.3. The number of hydrogen-bond donors (Lipinski definition) is 2. The average Bonchev–Trinajstić information content (AvgIpc) is 2.89. The molecule has 0 fully saturated rings. The van der Waals surface area contributed by atoms with Crippen LogP contribution in [-0.4, -0.2) is 11.7 Å². The van der Waals surface area contributed by atoms with Crippen LogP contribution < -0.4 is 10.5 Å². The molecule has 1 heterocycles. The summed E-state index contributed by atoms with van der Waals surface area (Å²) in [5.41, 5.74) is 8.90. The molecule has 4 heteroatoms. The molecule has 0 spiro atoms. The van der Waals surface area contributed by atoms with Crippen LogP contribution in [0.4, 0.5) is 5.69 Å². The van der Waals surface area contributed by atoms with E-state index in [1.165, 1.54) is 0 Å². The van der Waals surface area contributed by atoms with Gasteiger partial charge in [0.1, 0.15) is 11.9 Å². The summed E-state index contributed by atoms with van der Waals surface area (Å²) in [5, 5.41) is 11.1. The van der Waals surface area contributed by atoms with Gasteiger partial charge in [-0.25, -0.2) is 0 Å². The maximum Gasteiger partial charge on any atom is 0.128 e. The van der Waals surface area contributed by atoms with Crippen molar-refractivity contribution in [3.8, 4) is 5.75 Å². The summed E-state index contributed by atoms with van der Waals surface area (Å²) in [6.45, 7) is 0.657. The lowest BCUT2D eigenvalue weighted by molar-refractivity contribution is 0.214. The summed E-state index contributed by atoms with van der Waals surface area (Å²) in [6, 6.07) is 10.9. The van der Waals surface area contributed by atoms with Gasteiger partial charge in [0.05, 0.1) is 6.61 Å². The molecule has 0 radical (unpaired) electrons. The fourth-order valence-electron chi connectivity index (χ4n) is 2.41. The molecule has 3 nitrogen and oxygen atoms in total. The number of aliphatic hydroxyl groups is 1. The molecule has 0 saturated carbocycles. The summed E-state index contributed by atoms with van der Waals surface area (Å²) >= 11 is 5.97. The molecule has 0 aliphatic carbocycles. The van der Waals surface area contributed by atoms with Crippen LogP contribution in [0.5, 0.6) is 5.75 Å². The quantitative estimate of drug-likeness (QED) is 0.829. The third-order valence-electron chi connectivity index (χ3n) is 3.38. The minimum absolute atomic E-state index is 0.521. The van der Waals surface area contributed by atoms with Gasteiger partial charge in [-0.3, -0.25) is 0 Å². The zero-order valence-corrected chi connectivity index (χ0v) is 11.0. The molecule has 0 bridgehead atoms. The first-order valence-electron chi connectivity index (χ1n) is 6.14. The van der Waals surface area contributed by atoms with E-state index in [-0.39, 0.29) is 0 Å². The van der Waals surface area contributed by atoms with E-state index in [9.17, 15) is 5.11 Å². The highest BCUT2D eigenvalue weighted by molar-refractivity contribution is 6.30. The molecule has 3 rings (SSSR count). The predicted octanol–water partition coefficient (Wildman–Crippen LogP) is 2.94. The first-order chi connectivity index (χ1) is 9.16. The van der Waals surface area contributed by atoms with Gasteiger partial charge in [-0.2, -0.15) is 0 Å². The van der Waals surface area contributed by atoms with E-state index in [4.69, 9.17) is 22.1 Å². The number of hydrogen-bond acceptors (Lipinski definition) is 3. The van der Waals surface area contributed by atoms with Crippen molar-refractivity contribution in [3.63, 3.8) is 0 Å². The van der Waals surface area contributed by atoms with Gasteiger partial charge in [0.15, 0.2) is 0 Å². The Bertz CT molecular complexity index is 628. The summed E-state index contributed by atoms with van der Waals surface area (Å²) in [4.78, 5) is 0. The van der Waals surface area contributed by atoms with E-state index in [2.05, 4.69) is 0 Å². The fraction of sp³-hybridized carbons (Fsp3) is 0.200. The van der Waals surface area contributed by atoms with Crippen molar-refractivity contribution in [2.24, 2.45) is 0 Å². The maximum absolute atomic E-state index is 10.5. The van der Waals surface area contributed by atoms with Gasteiger partial charge in [-0.15, -0.1) is 0 Å². The Balaban J connectivity index is 2.07. The first kappa shape index (κ1) is 12.3. The van der Waals surface area contributed by atoms with Crippen LogP contribution >= 0.6 is 11.6 Å². The van der Waals surface area contributed by atoms with Crippen molar-refractivity contribution in [2.75, 3.05) is 12.3 Å². The molecule has 0 aromatic heterocycles. The van der Waals surface area contributed by atoms with Crippen molar-refractivity contribution in [3.05, 3.63) is 58.1 Å². The van der Waals surface area contributed by atoms with Crippen LogP contribution in [0.15, 0.2) is 36.4 Å². The van der Waals surface area contributed by atoms with Gasteiger partial charge in [0.2, 0.25) is 0 Å². The number of rotatable bonds is 2. The minimum Gasteiger partial charge on any atom is -0.493 e. The van der Waals surface area contributed by atoms with Crippen LogP contribution in [0, 0.1) is 0 Å². The average molecular weight is 276 g/mol. The monoisotopic (exact) mass is 275 g/mol. The van der Waals surface area contributed by atoms with Gasteiger partial charge < -0.3 is 15.6 Å². The largest absolute Gasteiger partial charge is 0.493 e. The molecule has 3 N–H and O–H groups in total. The number of nitrogen functional groups attached to an aromatic ring is 1. The van der Waals surface area contributed by atoms with Gasteiger partial charge in [-0.05, 0) is 23.8 Å². The third-order valence-corrected chi connectivity index (χ3v) is 3.62. The summed E-state index contributed by atoms with van der Waals surface area (Å²) in [5.74, 6) is 0.773.